The highest BCUT2D eigenvalue weighted by Crippen LogP contribution is 2.27. The molecule has 1 saturated heterocycles. The highest BCUT2D eigenvalue weighted by atomic mass is 16.5. The first-order chi connectivity index (χ1) is 9.07. The Bertz CT molecular complexity index is 459. The van der Waals surface area contributed by atoms with E-state index in [-0.39, 0.29) is 5.78 Å². The van der Waals surface area contributed by atoms with Gasteiger partial charge in [-0.3, -0.25) is 4.79 Å². The first-order valence-electron chi connectivity index (χ1n) is 6.80. The Labute approximate surface area is 114 Å². The minimum Gasteiger partial charge on any atom is -0.381 e. The molecule has 0 bridgehead atoms. The minimum atomic E-state index is -0.644. The lowest BCUT2D eigenvalue weighted by molar-refractivity contribution is -0.151. The Hall–Kier alpha value is -1.19. The van der Waals surface area contributed by atoms with Crippen LogP contribution in [0, 0.1) is 13.8 Å². The lowest BCUT2D eigenvalue weighted by Gasteiger charge is -2.34. The second-order valence-corrected chi connectivity index (χ2v) is 5.34. The first kappa shape index (κ1) is 14.2. The summed E-state index contributed by atoms with van der Waals surface area (Å²) >= 11 is 0. The molecule has 0 aliphatic carbocycles. The van der Waals surface area contributed by atoms with Crippen LogP contribution in [0.25, 0.3) is 0 Å². The van der Waals surface area contributed by atoms with Gasteiger partial charge in [0.2, 0.25) is 0 Å². The van der Waals surface area contributed by atoms with Crippen LogP contribution < -0.4 is 0 Å². The predicted octanol–water partition coefficient (Wildman–Crippen LogP) is 2.61. The van der Waals surface area contributed by atoms with E-state index in [2.05, 4.69) is 18.2 Å². The summed E-state index contributed by atoms with van der Waals surface area (Å²) in [6.07, 6.45) is 1.77. The van der Waals surface area contributed by atoms with Crippen molar-refractivity contribution in [1.82, 2.24) is 0 Å². The zero-order valence-electron chi connectivity index (χ0n) is 12.0. The fourth-order valence-corrected chi connectivity index (χ4v) is 2.62. The fourth-order valence-electron chi connectivity index (χ4n) is 2.62. The maximum Gasteiger partial charge on any atom is 0.169 e. The maximum absolute atomic E-state index is 12.6. The summed E-state index contributed by atoms with van der Waals surface area (Å²) in [4.78, 5) is 12.6. The molecule has 19 heavy (non-hydrogen) atoms. The van der Waals surface area contributed by atoms with Gasteiger partial charge in [0.15, 0.2) is 5.78 Å². The molecular weight excluding hydrogens is 240 g/mol. The zero-order valence-corrected chi connectivity index (χ0v) is 12.0. The van der Waals surface area contributed by atoms with Crippen LogP contribution >= 0.6 is 0 Å². The summed E-state index contributed by atoms with van der Waals surface area (Å²) in [6.45, 7) is 5.30. The van der Waals surface area contributed by atoms with Crippen molar-refractivity contribution in [3.8, 4) is 0 Å². The van der Waals surface area contributed by atoms with Gasteiger partial charge in [-0.25, -0.2) is 0 Å². The number of carbonyl (C=O) groups is 1. The van der Waals surface area contributed by atoms with Crippen molar-refractivity contribution >= 4 is 5.78 Å². The first-order valence-corrected chi connectivity index (χ1v) is 6.80. The Morgan fingerprint density at radius 3 is 2.63 bits per heavy atom. The van der Waals surface area contributed by atoms with E-state index in [9.17, 15) is 4.79 Å². The summed E-state index contributed by atoms with van der Waals surface area (Å²) in [5.41, 5.74) is 2.81. The molecule has 1 aromatic rings. The van der Waals surface area contributed by atoms with E-state index in [0.717, 1.165) is 11.1 Å². The van der Waals surface area contributed by atoms with E-state index in [1.165, 1.54) is 5.56 Å². The number of ketones is 1. The number of methoxy groups -OCH3 is 1. The van der Waals surface area contributed by atoms with Gasteiger partial charge in [-0.2, -0.15) is 0 Å². The second-order valence-electron chi connectivity index (χ2n) is 5.34. The van der Waals surface area contributed by atoms with Gasteiger partial charge in [-0.1, -0.05) is 23.8 Å². The standard InChI is InChI=1S/C16H22O3/c1-12-4-5-13(2)14(10-12)11-15(17)16(18-3)6-8-19-9-7-16/h4-5,10H,6-9,11H2,1-3H3. The summed E-state index contributed by atoms with van der Waals surface area (Å²) in [5, 5.41) is 0. The summed E-state index contributed by atoms with van der Waals surface area (Å²) in [6, 6.07) is 6.24. The normalized spacial score (nSPS) is 18.3. The van der Waals surface area contributed by atoms with Crippen molar-refractivity contribution in [2.24, 2.45) is 0 Å². The molecule has 0 spiro atoms. The number of benzene rings is 1. The lowest BCUT2D eigenvalue weighted by Crippen LogP contribution is -2.46. The average molecular weight is 262 g/mol. The van der Waals surface area contributed by atoms with Crippen LogP contribution in [-0.4, -0.2) is 31.7 Å². The molecule has 1 aromatic carbocycles. The SMILES string of the molecule is COC1(C(=O)Cc2cc(C)ccc2C)CCOCC1. The molecule has 0 unspecified atom stereocenters. The van der Waals surface area contributed by atoms with Crippen LogP contribution in [0.5, 0.6) is 0 Å². The molecule has 1 heterocycles. The van der Waals surface area contributed by atoms with E-state index in [4.69, 9.17) is 9.47 Å². The highest BCUT2D eigenvalue weighted by molar-refractivity contribution is 5.89. The van der Waals surface area contributed by atoms with E-state index in [1.54, 1.807) is 7.11 Å². The van der Waals surface area contributed by atoms with Gasteiger partial charge in [0.1, 0.15) is 5.60 Å². The van der Waals surface area contributed by atoms with Crippen molar-refractivity contribution < 1.29 is 14.3 Å². The molecule has 0 radical (unpaired) electrons. The van der Waals surface area contributed by atoms with E-state index < -0.39 is 5.60 Å². The van der Waals surface area contributed by atoms with Crippen LogP contribution in [0.4, 0.5) is 0 Å². The summed E-state index contributed by atoms with van der Waals surface area (Å²) in [5.74, 6) is 0.173. The predicted molar refractivity (Wildman–Crippen MR) is 74.4 cm³/mol. The van der Waals surface area contributed by atoms with Crippen molar-refractivity contribution in [2.75, 3.05) is 20.3 Å². The Morgan fingerprint density at radius 2 is 2.00 bits per heavy atom. The quantitative estimate of drug-likeness (QED) is 0.836. The summed E-state index contributed by atoms with van der Waals surface area (Å²) < 4.78 is 10.9. The van der Waals surface area contributed by atoms with Gasteiger partial charge < -0.3 is 9.47 Å². The smallest absolute Gasteiger partial charge is 0.169 e. The van der Waals surface area contributed by atoms with Gasteiger partial charge in [0.05, 0.1) is 0 Å². The number of Topliss-reactive ketones (excluding diaryl/α,β-unsaturated/α-hetero) is 1. The lowest BCUT2D eigenvalue weighted by atomic mass is 9.85. The minimum absolute atomic E-state index is 0.173. The van der Waals surface area contributed by atoms with Crippen molar-refractivity contribution in [3.05, 3.63) is 34.9 Å². The number of ether oxygens (including phenoxy) is 2. The number of hydrogen-bond donors (Lipinski definition) is 0. The van der Waals surface area contributed by atoms with E-state index in [1.807, 2.05) is 13.8 Å². The molecule has 1 aliphatic heterocycles. The third-order valence-corrected chi connectivity index (χ3v) is 4.06. The van der Waals surface area contributed by atoms with Gasteiger partial charge in [0, 0.05) is 39.6 Å². The molecule has 0 atom stereocenters. The highest BCUT2D eigenvalue weighted by Gasteiger charge is 2.39. The van der Waals surface area contributed by atoms with E-state index >= 15 is 0 Å². The maximum atomic E-state index is 12.6. The van der Waals surface area contributed by atoms with Crippen LogP contribution in [0.15, 0.2) is 18.2 Å². The molecule has 0 aromatic heterocycles. The fraction of sp³-hybridized carbons (Fsp3) is 0.562. The third-order valence-electron chi connectivity index (χ3n) is 4.06. The number of rotatable bonds is 4. The van der Waals surface area contributed by atoms with Gasteiger partial charge >= 0.3 is 0 Å². The van der Waals surface area contributed by atoms with E-state index in [0.29, 0.717) is 32.5 Å². The van der Waals surface area contributed by atoms with Crippen molar-refractivity contribution in [2.45, 2.75) is 38.7 Å². The van der Waals surface area contributed by atoms with Crippen LogP contribution in [0.3, 0.4) is 0 Å². The van der Waals surface area contributed by atoms with Gasteiger partial charge in [0.25, 0.3) is 0 Å². The molecule has 1 fully saturated rings. The molecule has 1 aliphatic rings. The van der Waals surface area contributed by atoms with Gasteiger partial charge in [-0.15, -0.1) is 0 Å². The molecular formula is C16H22O3. The van der Waals surface area contributed by atoms with Crippen LogP contribution in [0.1, 0.15) is 29.5 Å². The monoisotopic (exact) mass is 262 g/mol. The van der Waals surface area contributed by atoms with Crippen LogP contribution in [-0.2, 0) is 20.7 Å². The van der Waals surface area contributed by atoms with Crippen LogP contribution in [0.2, 0.25) is 0 Å². The number of hydrogen-bond acceptors (Lipinski definition) is 3. The van der Waals surface area contributed by atoms with Gasteiger partial charge in [-0.05, 0) is 25.0 Å². The molecule has 0 amide bonds. The average Bonchev–Trinajstić information content (AvgIpc) is 2.43. The zero-order chi connectivity index (χ0) is 13.9. The molecule has 104 valence electrons. The van der Waals surface area contributed by atoms with Crippen molar-refractivity contribution in [1.29, 1.82) is 0 Å². The molecule has 3 nitrogen and oxygen atoms in total. The Morgan fingerprint density at radius 1 is 1.32 bits per heavy atom. The summed E-state index contributed by atoms with van der Waals surface area (Å²) in [7, 11) is 1.63. The molecule has 0 saturated carbocycles. The molecule has 3 heteroatoms. The second kappa shape index (κ2) is 5.85. The molecule has 2 rings (SSSR count). The number of carbonyl (C=O) groups excluding carboxylic acids is 1. The number of aryl methyl sites for hydroxylation is 2. The Balaban J connectivity index is 2.17. The van der Waals surface area contributed by atoms with Crippen molar-refractivity contribution in [3.63, 3.8) is 0 Å². The third kappa shape index (κ3) is 3.04. The topological polar surface area (TPSA) is 35.5 Å². The Kier molecular flexibility index (Phi) is 4.38. The largest absolute Gasteiger partial charge is 0.381 e. The molecule has 0 N–H and O–H groups in total.